The van der Waals surface area contributed by atoms with Crippen molar-refractivity contribution in [3.8, 4) is 0 Å². The molecule has 5 nitrogen and oxygen atoms in total. The fourth-order valence-electron chi connectivity index (χ4n) is 3.23. The first kappa shape index (κ1) is 21.4. The fraction of sp³-hybridized carbons (Fsp3) is 0.529. The number of aliphatic hydroxyl groups excluding tert-OH is 1. The van der Waals surface area contributed by atoms with Gasteiger partial charge in [0.2, 0.25) is 6.10 Å². The van der Waals surface area contributed by atoms with Gasteiger partial charge in [0.15, 0.2) is 0 Å². The first-order chi connectivity index (χ1) is 12.4. The molecule has 2 rings (SSSR count). The third-order valence-corrected chi connectivity index (χ3v) is 4.93. The van der Waals surface area contributed by atoms with Crippen molar-refractivity contribution >= 4 is 23.4 Å². The molecule has 1 aromatic carbocycles. The molecule has 3 atom stereocenters. The maximum absolute atomic E-state index is 14.0. The molecule has 0 saturated carbocycles. The summed E-state index contributed by atoms with van der Waals surface area (Å²) >= 11 is 5.67. The highest BCUT2D eigenvalue weighted by atomic mass is 35.5. The fourth-order valence-corrected chi connectivity index (χ4v) is 3.38. The first-order valence-corrected chi connectivity index (χ1v) is 8.57. The van der Waals surface area contributed by atoms with Gasteiger partial charge in [-0.2, -0.15) is 13.2 Å². The summed E-state index contributed by atoms with van der Waals surface area (Å²) in [5.74, 6) is -3.14. The monoisotopic (exact) mass is 410 g/mol. The number of piperidine rings is 1. The number of likely N-dealkylation sites (tertiary alicyclic amines) is 1. The van der Waals surface area contributed by atoms with E-state index >= 15 is 0 Å². The number of aliphatic hydroxyl groups is 1. The van der Waals surface area contributed by atoms with E-state index in [-0.39, 0.29) is 36.0 Å². The van der Waals surface area contributed by atoms with Crippen molar-refractivity contribution < 1.29 is 32.3 Å². The van der Waals surface area contributed by atoms with Gasteiger partial charge in [-0.1, -0.05) is 18.5 Å². The summed E-state index contributed by atoms with van der Waals surface area (Å²) < 4.78 is 51.5. The van der Waals surface area contributed by atoms with Gasteiger partial charge in [-0.05, 0) is 30.5 Å². The van der Waals surface area contributed by atoms with Crippen LogP contribution >= 0.6 is 11.6 Å². The van der Waals surface area contributed by atoms with Crippen LogP contribution in [0.4, 0.5) is 17.6 Å². The van der Waals surface area contributed by atoms with E-state index in [2.05, 4.69) is 0 Å². The van der Waals surface area contributed by atoms with E-state index < -0.39 is 36.0 Å². The Morgan fingerprint density at radius 2 is 2.00 bits per heavy atom. The maximum atomic E-state index is 14.0. The van der Waals surface area contributed by atoms with Crippen molar-refractivity contribution in [3.05, 3.63) is 34.6 Å². The highest BCUT2D eigenvalue weighted by molar-refractivity contribution is 6.30. The second-order valence-electron chi connectivity index (χ2n) is 6.60. The Morgan fingerprint density at radius 3 is 2.52 bits per heavy atom. The zero-order valence-electron chi connectivity index (χ0n) is 14.6. The van der Waals surface area contributed by atoms with E-state index in [4.69, 9.17) is 16.7 Å². The lowest BCUT2D eigenvalue weighted by Gasteiger charge is -2.41. The highest BCUT2D eigenvalue weighted by Crippen LogP contribution is 2.27. The van der Waals surface area contributed by atoms with Gasteiger partial charge in [-0.15, -0.1) is 0 Å². The molecule has 1 fully saturated rings. The molecule has 2 amide bonds. The molecule has 0 aliphatic carbocycles. The predicted molar refractivity (Wildman–Crippen MR) is 89.7 cm³/mol. The largest absolute Gasteiger partial charge is 0.423 e. The number of benzene rings is 1. The summed E-state index contributed by atoms with van der Waals surface area (Å²) in [6.07, 6.45) is -7.89. The highest BCUT2D eigenvalue weighted by Gasteiger charge is 2.46. The summed E-state index contributed by atoms with van der Waals surface area (Å²) in [7, 11) is 1.47. The smallest absolute Gasteiger partial charge is 0.376 e. The summed E-state index contributed by atoms with van der Waals surface area (Å²) in [4.78, 5) is 26.6. The molecule has 0 spiro atoms. The summed E-state index contributed by atoms with van der Waals surface area (Å²) in [6.45, 7) is 1.56. The van der Waals surface area contributed by atoms with Crippen LogP contribution in [0, 0.1) is 11.7 Å². The van der Waals surface area contributed by atoms with Crippen LogP contribution < -0.4 is 0 Å². The number of amides is 2. The Balaban J connectivity index is 2.07. The van der Waals surface area contributed by atoms with Crippen molar-refractivity contribution in [2.45, 2.75) is 31.7 Å². The molecule has 1 N–H and O–H groups in total. The molecule has 27 heavy (non-hydrogen) atoms. The van der Waals surface area contributed by atoms with Crippen LogP contribution in [0.15, 0.2) is 18.2 Å². The number of carbonyl (C=O) groups excluding carboxylic acids is 2. The van der Waals surface area contributed by atoms with Gasteiger partial charge in [0.1, 0.15) is 5.82 Å². The zero-order chi connectivity index (χ0) is 20.5. The maximum Gasteiger partial charge on any atom is 0.423 e. The van der Waals surface area contributed by atoms with E-state index in [1.807, 2.05) is 0 Å². The molecule has 1 aliphatic rings. The average molecular weight is 411 g/mol. The van der Waals surface area contributed by atoms with Gasteiger partial charge in [-0.3, -0.25) is 9.59 Å². The molecule has 0 bridgehead atoms. The van der Waals surface area contributed by atoms with Crippen molar-refractivity contribution in [3.63, 3.8) is 0 Å². The van der Waals surface area contributed by atoms with Crippen molar-refractivity contribution in [2.75, 3.05) is 20.1 Å². The Kier molecular flexibility index (Phi) is 6.36. The van der Waals surface area contributed by atoms with Gasteiger partial charge < -0.3 is 14.9 Å². The molecule has 1 aromatic rings. The van der Waals surface area contributed by atoms with Crippen molar-refractivity contribution in [1.29, 1.82) is 0 Å². The number of hydrogen-bond acceptors (Lipinski definition) is 3. The molecule has 1 saturated heterocycles. The van der Waals surface area contributed by atoms with E-state index in [1.165, 1.54) is 24.1 Å². The van der Waals surface area contributed by atoms with E-state index in [0.717, 1.165) is 11.0 Å². The lowest BCUT2D eigenvalue weighted by Crippen LogP contribution is -2.55. The Labute approximate surface area is 158 Å². The standard InChI is InChI=1S/C17H19ClF4N2O3/c1-9-8-24(16(27)14(25)17(20,21)22)6-5-13(9)23(2)15(26)11-4-3-10(18)7-12(11)19/h3-4,7,9,13-14,25H,5-6,8H2,1-2H3/t9?,13?,14-/m1/s1. The lowest BCUT2D eigenvalue weighted by molar-refractivity contribution is -0.211. The van der Waals surface area contributed by atoms with E-state index in [1.54, 1.807) is 6.92 Å². The quantitative estimate of drug-likeness (QED) is 0.779. The Morgan fingerprint density at radius 1 is 1.37 bits per heavy atom. The van der Waals surface area contributed by atoms with Crippen LogP contribution in [0.25, 0.3) is 0 Å². The predicted octanol–water partition coefficient (Wildman–Crippen LogP) is 2.71. The average Bonchev–Trinajstić information content (AvgIpc) is 2.58. The zero-order valence-corrected chi connectivity index (χ0v) is 15.4. The van der Waals surface area contributed by atoms with Crippen LogP contribution in [0.5, 0.6) is 0 Å². The lowest BCUT2D eigenvalue weighted by atomic mass is 9.91. The Bertz CT molecular complexity index is 729. The number of rotatable bonds is 3. The number of carbonyl (C=O) groups is 2. The molecule has 2 unspecified atom stereocenters. The molecule has 1 heterocycles. The van der Waals surface area contributed by atoms with Gasteiger partial charge in [-0.25, -0.2) is 4.39 Å². The molecular weight excluding hydrogens is 392 g/mol. The van der Waals surface area contributed by atoms with Crippen molar-refractivity contribution in [1.82, 2.24) is 9.80 Å². The van der Waals surface area contributed by atoms with Crippen LogP contribution in [0.3, 0.4) is 0 Å². The third kappa shape index (κ3) is 4.70. The summed E-state index contributed by atoms with van der Waals surface area (Å²) in [5, 5.41) is 9.27. The van der Waals surface area contributed by atoms with Crippen LogP contribution in [-0.4, -0.2) is 65.2 Å². The second-order valence-corrected chi connectivity index (χ2v) is 7.04. The van der Waals surface area contributed by atoms with Crippen LogP contribution in [-0.2, 0) is 4.79 Å². The minimum Gasteiger partial charge on any atom is -0.376 e. The SMILES string of the molecule is CC1CN(C(=O)[C@@H](O)C(F)(F)F)CCC1N(C)C(=O)c1ccc(Cl)cc1F. The van der Waals surface area contributed by atoms with E-state index in [9.17, 15) is 27.2 Å². The van der Waals surface area contributed by atoms with E-state index in [0.29, 0.717) is 0 Å². The van der Waals surface area contributed by atoms with Gasteiger partial charge in [0, 0.05) is 31.2 Å². The van der Waals surface area contributed by atoms with Crippen LogP contribution in [0.2, 0.25) is 5.02 Å². The molecular formula is C17H19ClF4N2O3. The van der Waals surface area contributed by atoms with Gasteiger partial charge in [0.05, 0.1) is 5.56 Å². The Hall–Kier alpha value is -1.87. The van der Waals surface area contributed by atoms with Crippen LogP contribution in [0.1, 0.15) is 23.7 Å². The second kappa shape index (κ2) is 8.02. The first-order valence-electron chi connectivity index (χ1n) is 8.19. The van der Waals surface area contributed by atoms with Gasteiger partial charge in [0.25, 0.3) is 11.8 Å². The van der Waals surface area contributed by atoms with Crippen molar-refractivity contribution in [2.24, 2.45) is 5.92 Å². The molecule has 1 aliphatic heterocycles. The number of nitrogens with zero attached hydrogens (tertiary/aromatic N) is 2. The molecule has 0 aromatic heterocycles. The molecule has 150 valence electrons. The minimum atomic E-state index is -5.03. The number of hydrogen-bond donors (Lipinski definition) is 1. The molecule has 0 radical (unpaired) electrons. The van der Waals surface area contributed by atoms with Gasteiger partial charge >= 0.3 is 6.18 Å². The summed E-state index contributed by atoms with van der Waals surface area (Å²) in [5.41, 5.74) is -0.167. The third-order valence-electron chi connectivity index (χ3n) is 4.69. The number of halogens is 5. The number of alkyl halides is 3. The summed E-state index contributed by atoms with van der Waals surface area (Å²) in [6, 6.07) is 3.26. The normalized spacial score (nSPS) is 21.7. The molecule has 10 heteroatoms. The minimum absolute atomic E-state index is 0.0539. The topological polar surface area (TPSA) is 60.9 Å².